The maximum Gasteiger partial charge on any atom is 0.340 e. The van der Waals surface area contributed by atoms with E-state index in [-0.39, 0.29) is 24.2 Å². The van der Waals surface area contributed by atoms with Crippen molar-refractivity contribution in [2.24, 2.45) is 0 Å². The molecule has 0 aliphatic carbocycles. The molecule has 0 unspecified atom stereocenters. The molecule has 35 heavy (non-hydrogen) atoms. The van der Waals surface area contributed by atoms with E-state index in [0.29, 0.717) is 33.1 Å². The zero-order valence-corrected chi connectivity index (χ0v) is 19.0. The maximum atomic E-state index is 12.8. The summed E-state index contributed by atoms with van der Waals surface area (Å²) in [6, 6.07) is 7.01. The van der Waals surface area contributed by atoms with Gasteiger partial charge >= 0.3 is 11.6 Å². The summed E-state index contributed by atoms with van der Waals surface area (Å²) in [7, 11) is 0. The zero-order chi connectivity index (χ0) is 24.9. The first-order valence-electron chi connectivity index (χ1n) is 11.0. The number of hydrogen-bond acceptors (Lipinski definition) is 6. The second-order valence-electron chi connectivity index (χ2n) is 8.64. The van der Waals surface area contributed by atoms with Gasteiger partial charge in [-0.1, -0.05) is 0 Å². The molecule has 0 bridgehead atoms. The maximum absolute atomic E-state index is 12.8. The number of hydrogen-bond donors (Lipinski definition) is 4. The lowest BCUT2D eigenvalue weighted by Crippen LogP contribution is -2.43. The zero-order valence-electron chi connectivity index (χ0n) is 19.0. The number of phenols is 1. The van der Waals surface area contributed by atoms with Crippen LogP contribution in [0.3, 0.4) is 0 Å². The van der Waals surface area contributed by atoms with E-state index in [9.17, 15) is 24.6 Å². The molecule has 0 aliphatic heterocycles. The number of aliphatic carboxylic acids is 1. The lowest BCUT2D eigenvalue weighted by Gasteiger charge is -2.15. The highest BCUT2D eigenvalue weighted by atomic mass is 16.4. The Kier molecular flexibility index (Phi) is 5.32. The van der Waals surface area contributed by atoms with Crippen LogP contribution in [-0.2, 0) is 22.4 Å². The minimum absolute atomic E-state index is 0.00636. The van der Waals surface area contributed by atoms with Crippen molar-refractivity contribution in [1.82, 2.24) is 10.3 Å². The quantitative estimate of drug-likeness (QED) is 0.275. The van der Waals surface area contributed by atoms with Gasteiger partial charge in [0.05, 0.1) is 18.2 Å². The largest absolute Gasteiger partial charge is 0.508 e. The third-order valence-corrected chi connectivity index (χ3v) is 6.32. The normalized spacial score (nSPS) is 12.4. The predicted molar refractivity (Wildman–Crippen MR) is 129 cm³/mol. The van der Waals surface area contributed by atoms with Gasteiger partial charge in [0.2, 0.25) is 5.91 Å². The Hall–Kier alpha value is -4.53. The number of fused-ring (bicyclic) bond motifs is 3. The van der Waals surface area contributed by atoms with E-state index in [2.05, 4.69) is 10.3 Å². The summed E-state index contributed by atoms with van der Waals surface area (Å²) in [6.45, 7) is 3.64. The molecule has 9 nitrogen and oxygen atoms in total. The van der Waals surface area contributed by atoms with Crippen molar-refractivity contribution in [1.29, 1.82) is 0 Å². The monoisotopic (exact) mass is 474 g/mol. The van der Waals surface area contributed by atoms with E-state index in [4.69, 9.17) is 8.83 Å². The van der Waals surface area contributed by atoms with Gasteiger partial charge in [-0.3, -0.25) is 4.79 Å². The number of rotatable bonds is 6. The summed E-state index contributed by atoms with van der Waals surface area (Å²) in [6.07, 6.45) is 2.93. The van der Waals surface area contributed by atoms with Crippen LogP contribution in [0.25, 0.3) is 32.8 Å². The minimum atomic E-state index is -1.23. The first kappa shape index (κ1) is 22.3. The number of carboxylic acid groups (broad SMARTS) is 1. The van der Waals surface area contributed by atoms with E-state index < -0.39 is 23.5 Å². The average Bonchev–Trinajstić information content (AvgIpc) is 3.37. The molecule has 0 spiro atoms. The highest BCUT2D eigenvalue weighted by molar-refractivity contribution is 5.97. The number of aromatic nitrogens is 1. The van der Waals surface area contributed by atoms with Crippen molar-refractivity contribution < 1.29 is 28.6 Å². The highest BCUT2D eigenvalue weighted by Crippen LogP contribution is 2.29. The number of phenolic OH excluding ortho intramolecular Hbond substituents is 1. The molecule has 5 rings (SSSR count). The molecule has 0 saturated heterocycles. The van der Waals surface area contributed by atoms with E-state index in [0.717, 1.165) is 16.5 Å². The first-order valence-corrected chi connectivity index (χ1v) is 11.0. The van der Waals surface area contributed by atoms with Gasteiger partial charge in [-0.05, 0) is 54.8 Å². The number of furan rings is 1. The number of carbonyl (C=O) groups is 2. The van der Waals surface area contributed by atoms with E-state index >= 15 is 0 Å². The van der Waals surface area contributed by atoms with Crippen molar-refractivity contribution in [3.63, 3.8) is 0 Å². The van der Waals surface area contributed by atoms with Crippen LogP contribution in [0.5, 0.6) is 5.75 Å². The number of aryl methyl sites for hydroxylation is 2. The van der Waals surface area contributed by atoms with E-state index in [1.54, 1.807) is 31.5 Å². The summed E-state index contributed by atoms with van der Waals surface area (Å²) in [5.41, 5.74) is 3.34. The van der Waals surface area contributed by atoms with Crippen LogP contribution < -0.4 is 10.9 Å². The van der Waals surface area contributed by atoms with Crippen LogP contribution >= 0.6 is 0 Å². The summed E-state index contributed by atoms with van der Waals surface area (Å²) in [4.78, 5) is 40.4. The van der Waals surface area contributed by atoms with Gasteiger partial charge in [-0.15, -0.1) is 0 Å². The Morgan fingerprint density at radius 2 is 1.89 bits per heavy atom. The number of nitrogens with one attached hydrogen (secondary N) is 2. The third-order valence-electron chi connectivity index (χ3n) is 6.32. The lowest BCUT2D eigenvalue weighted by atomic mass is 10.0. The molecule has 0 saturated carbocycles. The van der Waals surface area contributed by atoms with Crippen molar-refractivity contribution in [2.45, 2.75) is 32.7 Å². The third kappa shape index (κ3) is 4.01. The SMILES string of the molecule is Cc1coc2cc3oc(=O)c(CC(=O)N[C@@H](Cc4c[nH]c5ccc(O)cc45)C(=O)O)c(C)c3cc12. The molecule has 0 radical (unpaired) electrons. The summed E-state index contributed by atoms with van der Waals surface area (Å²) in [5, 5.41) is 24.2. The van der Waals surface area contributed by atoms with Gasteiger partial charge in [0.15, 0.2) is 0 Å². The molecule has 5 aromatic rings. The minimum Gasteiger partial charge on any atom is -0.508 e. The number of aromatic amines is 1. The predicted octanol–water partition coefficient (Wildman–Crippen LogP) is 3.70. The number of H-pyrrole nitrogens is 1. The van der Waals surface area contributed by atoms with Gasteiger partial charge in [-0.25, -0.2) is 9.59 Å². The smallest absolute Gasteiger partial charge is 0.340 e. The molecule has 1 amide bonds. The van der Waals surface area contributed by atoms with Crippen LogP contribution in [-0.4, -0.2) is 33.1 Å². The summed E-state index contributed by atoms with van der Waals surface area (Å²) < 4.78 is 10.9. The summed E-state index contributed by atoms with van der Waals surface area (Å²) >= 11 is 0. The van der Waals surface area contributed by atoms with Crippen molar-refractivity contribution in [3.8, 4) is 5.75 Å². The van der Waals surface area contributed by atoms with E-state index in [1.165, 1.54) is 12.1 Å². The van der Waals surface area contributed by atoms with Crippen LogP contribution in [0.2, 0.25) is 0 Å². The fourth-order valence-electron chi connectivity index (χ4n) is 4.40. The standard InChI is InChI=1S/C26H22N2O7/c1-12-11-34-22-9-23-17(7-16(12)22)13(2)18(26(33)35-23)8-24(30)28-21(25(31)32)5-14-10-27-20-4-3-15(29)6-19(14)20/h3-4,6-7,9-11,21,27,29H,5,8H2,1-2H3,(H,28,30)(H,31,32)/t21-/m0/s1. The molecule has 9 heteroatoms. The fraction of sp³-hybridized carbons (Fsp3) is 0.192. The van der Waals surface area contributed by atoms with Crippen LogP contribution in [0.4, 0.5) is 0 Å². The summed E-state index contributed by atoms with van der Waals surface area (Å²) in [5.74, 6) is -1.78. The Morgan fingerprint density at radius 1 is 1.09 bits per heavy atom. The highest BCUT2D eigenvalue weighted by Gasteiger charge is 2.24. The first-order chi connectivity index (χ1) is 16.7. The Balaban J connectivity index is 1.41. The number of carbonyl (C=O) groups excluding carboxylic acids is 1. The molecular formula is C26H22N2O7. The van der Waals surface area contributed by atoms with Crippen LogP contribution in [0.1, 0.15) is 22.3 Å². The molecule has 3 aromatic heterocycles. The van der Waals surface area contributed by atoms with Gasteiger partial charge < -0.3 is 29.3 Å². The average molecular weight is 474 g/mol. The molecule has 0 aliphatic rings. The molecule has 0 fully saturated rings. The fourth-order valence-corrected chi connectivity index (χ4v) is 4.40. The van der Waals surface area contributed by atoms with Gasteiger partial charge in [0.1, 0.15) is 23.0 Å². The number of carboxylic acids is 1. The number of amides is 1. The molecule has 2 aromatic carbocycles. The Morgan fingerprint density at radius 3 is 2.66 bits per heavy atom. The number of benzene rings is 2. The molecule has 178 valence electrons. The Labute approximate surface area is 198 Å². The molecule has 1 atom stereocenters. The van der Waals surface area contributed by atoms with Gasteiger partial charge in [-0.2, -0.15) is 0 Å². The lowest BCUT2D eigenvalue weighted by molar-refractivity contribution is -0.141. The van der Waals surface area contributed by atoms with Crippen molar-refractivity contribution >= 4 is 44.7 Å². The van der Waals surface area contributed by atoms with E-state index in [1.807, 2.05) is 13.0 Å². The van der Waals surface area contributed by atoms with Gasteiger partial charge in [0.25, 0.3) is 0 Å². The number of aromatic hydroxyl groups is 1. The molecular weight excluding hydrogens is 452 g/mol. The Bertz CT molecular complexity index is 1690. The second-order valence-corrected chi connectivity index (χ2v) is 8.64. The van der Waals surface area contributed by atoms with Crippen molar-refractivity contribution in [2.75, 3.05) is 0 Å². The van der Waals surface area contributed by atoms with Crippen molar-refractivity contribution in [3.05, 3.63) is 75.5 Å². The van der Waals surface area contributed by atoms with Crippen LogP contribution in [0.15, 0.2) is 56.4 Å². The molecule has 3 heterocycles. The molecule has 4 N–H and O–H groups in total. The second kappa shape index (κ2) is 8.35. The van der Waals surface area contributed by atoms with Gasteiger partial charge in [0, 0.05) is 40.4 Å². The topological polar surface area (TPSA) is 146 Å². The van der Waals surface area contributed by atoms with Crippen LogP contribution in [0, 0.1) is 13.8 Å².